The zero-order valence-electron chi connectivity index (χ0n) is 15.8. The second-order valence-corrected chi connectivity index (χ2v) is 9.04. The Morgan fingerprint density at radius 3 is 2.34 bits per heavy atom. The summed E-state index contributed by atoms with van der Waals surface area (Å²) in [5.41, 5.74) is 1.63. The average molecular weight is 425 g/mol. The van der Waals surface area contributed by atoms with Gasteiger partial charge in [0.05, 0.1) is 0 Å². The Kier molecular flexibility index (Phi) is 5.92. The molecule has 2 amide bonds. The van der Waals surface area contributed by atoms with Crippen LogP contribution >= 0.6 is 23.1 Å². The largest absolute Gasteiger partial charge is 0.325 e. The monoisotopic (exact) mass is 424 g/mol. The zero-order valence-corrected chi connectivity index (χ0v) is 17.5. The number of thioether (sulfide) groups is 1. The summed E-state index contributed by atoms with van der Waals surface area (Å²) in [4.78, 5) is 26.7. The van der Waals surface area contributed by atoms with E-state index in [-0.39, 0.29) is 17.9 Å². The number of aromatic nitrogens is 2. The molecule has 0 saturated heterocycles. The molecule has 2 aromatic carbocycles. The Hall–Kier alpha value is -2.71. The standard InChI is InChI=1S/C21H20N4O2S2/c1-14(26)25(17-12-13-17)20-23-24-21(29-20)28-18(15-8-4-2-5-9-15)19(27)22-16-10-6-3-7-11-16/h2-11,17-18H,12-13H2,1H3,(H,22,27). The van der Waals surface area contributed by atoms with Gasteiger partial charge in [-0.1, -0.05) is 71.6 Å². The first-order valence-electron chi connectivity index (χ1n) is 9.32. The highest BCUT2D eigenvalue weighted by molar-refractivity contribution is 8.02. The highest BCUT2D eigenvalue weighted by atomic mass is 32.2. The number of nitrogens with zero attached hydrogens (tertiary/aromatic N) is 3. The van der Waals surface area contributed by atoms with Gasteiger partial charge in [-0.3, -0.25) is 14.5 Å². The third kappa shape index (κ3) is 4.83. The van der Waals surface area contributed by atoms with Crippen LogP contribution in [-0.2, 0) is 9.59 Å². The number of hydrogen-bond donors (Lipinski definition) is 1. The van der Waals surface area contributed by atoms with Crippen LogP contribution in [0.25, 0.3) is 0 Å². The van der Waals surface area contributed by atoms with Gasteiger partial charge in [0.2, 0.25) is 16.9 Å². The summed E-state index contributed by atoms with van der Waals surface area (Å²) in [7, 11) is 0. The second-order valence-electron chi connectivity index (χ2n) is 6.73. The van der Waals surface area contributed by atoms with Crippen LogP contribution in [0.4, 0.5) is 10.8 Å². The molecule has 1 N–H and O–H groups in total. The lowest BCUT2D eigenvalue weighted by molar-refractivity contribution is -0.117. The molecule has 8 heteroatoms. The molecule has 1 heterocycles. The van der Waals surface area contributed by atoms with E-state index >= 15 is 0 Å². The van der Waals surface area contributed by atoms with Crippen molar-refractivity contribution < 1.29 is 9.59 Å². The van der Waals surface area contributed by atoms with E-state index in [0.29, 0.717) is 9.47 Å². The minimum Gasteiger partial charge on any atom is -0.325 e. The van der Waals surface area contributed by atoms with Crippen molar-refractivity contribution in [2.75, 3.05) is 10.2 Å². The number of para-hydroxylation sites is 1. The van der Waals surface area contributed by atoms with Gasteiger partial charge in [-0.15, -0.1) is 10.2 Å². The average Bonchev–Trinajstić information content (AvgIpc) is 3.45. The molecule has 1 aromatic heterocycles. The van der Waals surface area contributed by atoms with Gasteiger partial charge in [0, 0.05) is 18.7 Å². The van der Waals surface area contributed by atoms with Gasteiger partial charge < -0.3 is 5.32 Å². The Labute approximate surface area is 177 Å². The second kappa shape index (κ2) is 8.75. The summed E-state index contributed by atoms with van der Waals surface area (Å²) in [5.74, 6) is -0.156. The van der Waals surface area contributed by atoms with Crippen molar-refractivity contribution >= 4 is 45.7 Å². The molecule has 1 atom stereocenters. The number of amides is 2. The molecule has 1 fully saturated rings. The van der Waals surface area contributed by atoms with Crippen molar-refractivity contribution in [3.63, 3.8) is 0 Å². The number of carbonyl (C=O) groups excluding carboxylic acids is 2. The lowest BCUT2D eigenvalue weighted by Crippen LogP contribution is -2.30. The van der Waals surface area contributed by atoms with Gasteiger partial charge in [0.1, 0.15) is 5.25 Å². The Morgan fingerprint density at radius 1 is 1.07 bits per heavy atom. The van der Waals surface area contributed by atoms with E-state index in [1.807, 2.05) is 60.7 Å². The molecule has 1 saturated carbocycles. The summed E-state index contributed by atoms with van der Waals surface area (Å²) < 4.78 is 0.656. The maximum absolute atomic E-state index is 13.0. The number of carbonyl (C=O) groups is 2. The Bertz CT molecular complexity index is 990. The third-order valence-electron chi connectivity index (χ3n) is 4.45. The van der Waals surface area contributed by atoms with Crippen LogP contribution in [0.3, 0.4) is 0 Å². The third-order valence-corrected chi connectivity index (χ3v) is 6.71. The quantitative estimate of drug-likeness (QED) is 0.446. The molecule has 1 aliphatic carbocycles. The van der Waals surface area contributed by atoms with Crippen molar-refractivity contribution in [2.45, 2.75) is 35.4 Å². The maximum Gasteiger partial charge on any atom is 0.242 e. The van der Waals surface area contributed by atoms with E-state index in [1.54, 1.807) is 11.8 Å². The fraction of sp³-hybridized carbons (Fsp3) is 0.238. The number of rotatable bonds is 7. The van der Waals surface area contributed by atoms with Gasteiger partial charge in [0.25, 0.3) is 0 Å². The van der Waals surface area contributed by atoms with Gasteiger partial charge in [-0.2, -0.15) is 0 Å². The first kappa shape index (κ1) is 19.6. The summed E-state index contributed by atoms with van der Waals surface area (Å²) in [6.45, 7) is 1.55. The molecule has 0 bridgehead atoms. The van der Waals surface area contributed by atoms with Crippen LogP contribution in [0.15, 0.2) is 65.0 Å². The highest BCUT2D eigenvalue weighted by Crippen LogP contribution is 2.41. The van der Waals surface area contributed by atoms with E-state index in [0.717, 1.165) is 24.1 Å². The lowest BCUT2D eigenvalue weighted by Gasteiger charge is -2.16. The molecular weight excluding hydrogens is 404 g/mol. The van der Waals surface area contributed by atoms with Crippen LogP contribution in [0.5, 0.6) is 0 Å². The lowest BCUT2D eigenvalue weighted by atomic mass is 10.1. The molecule has 0 spiro atoms. The summed E-state index contributed by atoms with van der Waals surface area (Å²) in [6.07, 6.45) is 1.99. The van der Waals surface area contributed by atoms with Crippen LogP contribution in [-0.4, -0.2) is 28.1 Å². The summed E-state index contributed by atoms with van der Waals surface area (Å²) in [6, 6.07) is 19.2. The van der Waals surface area contributed by atoms with E-state index < -0.39 is 5.25 Å². The van der Waals surface area contributed by atoms with Crippen LogP contribution in [0.2, 0.25) is 0 Å². The maximum atomic E-state index is 13.0. The number of benzene rings is 2. The van der Waals surface area contributed by atoms with Gasteiger partial charge >= 0.3 is 0 Å². The molecule has 29 heavy (non-hydrogen) atoms. The van der Waals surface area contributed by atoms with Crippen LogP contribution < -0.4 is 10.2 Å². The van der Waals surface area contributed by atoms with Gasteiger partial charge in [-0.05, 0) is 30.5 Å². The fourth-order valence-electron chi connectivity index (χ4n) is 2.96. The van der Waals surface area contributed by atoms with E-state index in [1.165, 1.54) is 23.1 Å². The van der Waals surface area contributed by atoms with Gasteiger partial charge in [-0.25, -0.2) is 0 Å². The highest BCUT2D eigenvalue weighted by Gasteiger charge is 2.34. The van der Waals surface area contributed by atoms with E-state index in [9.17, 15) is 9.59 Å². The molecule has 1 aliphatic rings. The number of nitrogens with one attached hydrogen (secondary N) is 1. The van der Waals surface area contributed by atoms with Crippen LogP contribution in [0, 0.1) is 0 Å². The minimum absolute atomic E-state index is 0.0263. The first-order valence-corrected chi connectivity index (χ1v) is 11.0. The predicted octanol–water partition coefficient (Wildman–Crippen LogP) is 4.53. The summed E-state index contributed by atoms with van der Waals surface area (Å²) >= 11 is 2.70. The van der Waals surface area contributed by atoms with Crippen molar-refractivity contribution in [1.29, 1.82) is 0 Å². The van der Waals surface area contributed by atoms with Crippen molar-refractivity contribution in [3.05, 3.63) is 66.2 Å². The van der Waals surface area contributed by atoms with Crippen molar-refractivity contribution in [2.24, 2.45) is 0 Å². The van der Waals surface area contributed by atoms with E-state index in [4.69, 9.17) is 0 Å². The molecule has 148 valence electrons. The molecular formula is C21H20N4O2S2. The normalized spacial score (nSPS) is 14.2. The minimum atomic E-state index is -0.482. The van der Waals surface area contributed by atoms with E-state index in [2.05, 4.69) is 15.5 Å². The number of anilines is 2. The van der Waals surface area contributed by atoms with Crippen molar-refractivity contribution in [1.82, 2.24) is 10.2 Å². The molecule has 4 rings (SSSR count). The topological polar surface area (TPSA) is 75.2 Å². The Balaban J connectivity index is 1.56. The summed E-state index contributed by atoms with van der Waals surface area (Å²) in [5, 5.41) is 11.5. The molecule has 1 unspecified atom stereocenters. The molecule has 0 radical (unpaired) electrons. The first-order chi connectivity index (χ1) is 14.1. The zero-order chi connectivity index (χ0) is 20.2. The smallest absolute Gasteiger partial charge is 0.242 e. The fourth-order valence-corrected chi connectivity index (χ4v) is 5.11. The number of hydrogen-bond acceptors (Lipinski definition) is 6. The molecule has 3 aromatic rings. The molecule has 6 nitrogen and oxygen atoms in total. The van der Waals surface area contributed by atoms with Crippen LogP contribution in [0.1, 0.15) is 30.6 Å². The predicted molar refractivity (Wildman–Crippen MR) is 116 cm³/mol. The molecule has 0 aliphatic heterocycles. The SMILES string of the molecule is CC(=O)N(c1nnc(SC(C(=O)Nc2ccccc2)c2ccccc2)s1)C1CC1. The Morgan fingerprint density at radius 2 is 1.72 bits per heavy atom. The van der Waals surface area contributed by atoms with Crippen molar-refractivity contribution in [3.8, 4) is 0 Å². The van der Waals surface area contributed by atoms with Gasteiger partial charge in [0.15, 0.2) is 4.34 Å².